The quantitative estimate of drug-likeness (QED) is 0.712. The Morgan fingerprint density at radius 2 is 1.76 bits per heavy atom. The van der Waals surface area contributed by atoms with E-state index >= 15 is 0 Å². The van der Waals surface area contributed by atoms with Gasteiger partial charge in [-0.3, -0.25) is 14.5 Å². The predicted octanol–water partition coefficient (Wildman–Crippen LogP) is 4.44. The Morgan fingerprint density at radius 1 is 1.03 bits per heavy atom. The number of nitrogens with one attached hydrogen (secondary N) is 1. The number of thioether (sulfide) groups is 1. The van der Waals surface area contributed by atoms with Gasteiger partial charge in [0, 0.05) is 10.9 Å². The minimum Gasteiger partial charge on any atom is -0.324 e. The molecule has 0 aromatic heterocycles. The van der Waals surface area contributed by atoms with E-state index in [0.717, 1.165) is 42.5 Å². The summed E-state index contributed by atoms with van der Waals surface area (Å²) in [6.45, 7) is 2.13. The van der Waals surface area contributed by atoms with Gasteiger partial charge >= 0.3 is 6.03 Å². The SMILES string of the molecule is Cc1ccccc1NC(=O)CN1C(=O)N(Cc2ccccc2)C(=O)C2SC3CCCCC3C21. The molecule has 2 aliphatic heterocycles. The van der Waals surface area contributed by atoms with E-state index in [1.807, 2.05) is 61.5 Å². The number of fused-ring (bicyclic) bond motifs is 3. The van der Waals surface area contributed by atoms with Crippen molar-refractivity contribution in [3.8, 4) is 0 Å². The number of amides is 4. The lowest BCUT2D eigenvalue weighted by Gasteiger charge is -2.43. The number of hydrogen-bond acceptors (Lipinski definition) is 4. The molecule has 2 saturated heterocycles. The minimum atomic E-state index is -0.350. The lowest BCUT2D eigenvalue weighted by molar-refractivity contribution is -0.134. The zero-order chi connectivity index (χ0) is 22.9. The van der Waals surface area contributed by atoms with Crippen molar-refractivity contribution in [3.63, 3.8) is 0 Å². The van der Waals surface area contributed by atoms with Crippen molar-refractivity contribution in [2.24, 2.45) is 5.92 Å². The number of hydrogen-bond donors (Lipinski definition) is 1. The Bertz CT molecular complexity index is 1060. The molecule has 1 saturated carbocycles. The third-order valence-electron chi connectivity index (χ3n) is 7.09. The number of nitrogens with zero attached hydrogens (tertiary/aromatic N) is 2. The van der Waals surface area contributed by atoms with Crippen molar-refractivity contribution in [1.82, 2.24) is 9.80 Å². The molecule has 3 aliphatic rings. The number of imide groups is 1. The van der Waals surface area contributed by atoms with Crippen LogP contribution in [0.4, 0.5) is 10.5 Å². The Hall–Kier alpha value is -2.80. The molecule has 0 radical (unpaired) electrons. The Kier molecular flexibility index (Phi) is 6.15. The highest BCUT2D eigenvalue weighted by molar-refractivity contribution is 8.01. The highest BCUT2D eigenvalue weighted by Crippen LogP contribution is 2.50. The first-order chi connectivity index (χ1) is 16.0. The molecule has 6 nitrogen and oxygen atoms in total. The van der Waals surface area contributed by atoms with Crippen LogP contribution in [0.15, 0.2) is 54.6 Å². The summed E-state index contributed by atoms with van der Waals surface area (Å²) < 4.78 is 0. The Morgan fingerprint density at radius 3 is 2.55 bits per heavy atom. The van der Waals surface area contributed by atoms with Gasteiger partial charge in [-0.05, 0) is 42.9 Å². The second-order valence-electron chi connectivity index (χ2n) is 9.22. The van der Waals surface area contributed by atoms with Gasteiger partial charge in [0.2, 0.25) is 11.8 Å². The van der Waals surface area contributed by atoms with Crippen LogP contribution in [-0.4, -0.2) is 50.7 Å². The number of carbonyl (C=O) groups excluding carboxylic acids is 3. The van der Waals surface area contributed by atoms with Crippen LogP contribution in [0, 0.1) is 12.8 Å². The average molecular weight is 464 g/mol. The summed E-state index contributed by atoms with van der Waals surface area (Å²) >= 11 is 1.72. The van der Waals surface area contributed by atoms with Gasteiger partial charge in [-0.15, -0.1) is 11.8 Å². The summed E-state index contributed by atoms with van der Waals surface area (Å²) in [5.41, 5.74) is 2.62. The molecule has 4 amide bonds. The maximum absolute atomic E-state index is 13.7. The van der Waals surface area contributed by atoms with Crippen LogP contribution in [0.25, 0.3) is 0 Å². The Labute approximate surface area is 198 Å². The third-order valence-corrected chi connectivity index (χ3v) is 8.80. The highest BCUT2D eigenvalue weighted by atomic mass is 32.2. The Balaban J connectivity index is 1.42. The van der Waals surface area contributed by atoms with Gasteiger partial charge in [0.15, 0.2) is 0 Å². The molecule has 1 N–H and O–H groups in total. The summed E-state index contributed by atoms with van der Waals surface area (Å²) in [6, 6.07) is 16.6. The fourth-order valence-electron chi connectivity index (χ4n) is 5.45. The summed E-state index contributed by atoms with van der Waals surface area (Å²) in [6.07, 6.45) is 4.36. The van der Waals surface area contributed by atoms with Crippen LogP contribution in [0.2, 0.25) is 0 Å². The molecule has 2 aromatic rings. The fraction of sp³-hybridized carbons (Fsp3) is 0.423. The van der Waals surface area contributed by atoms with Gasteiger partial charge in [0.05, 0.1) is 12.6 Å². The van der Waals surface area contributed by atoms with Crippen LogP contribution >= 0.6 is 11.8 Å². The first kappa shape index (κ1) is 22.0. The van der Waals surface area contributed by atoms with Gasteiger partial charge < -0.3 is 10.2 Å². The van der Waals surface area contributed by atoms with Crippen LogP contribution < -0.4 is 5.32 Å². The second-order valence-corrected chi connectivity index (χ2v) is 10.6. The lowest BCUT2D eigenvalue weighted by atomic mass is 9.81. The van der Waals surface area contributed by atoms with Gasteiger partial charge in [-0.25, -0.2) is 4.79 Å². The van der Waals surface area contributed by atoms with Crippen LogP contribution in [0.5, 0.6) is 0 Å². The molecular formula is C26H29N3O3S. The molecule has 4 unspecified atom stereocenters. The molecule has 1 aliphatic carbocycles. The third kappa shape index (κ3) is 4.26. The number of urea groups is 1. The second kappa shape index (κ2) is 9.21. The van der Waals surface area contributed by atoms with E-state index in [9.17, 15) is 14.4 Å². The molecule has 3 fully saturated rings. The van der Waals surface area contributed by atoms with E-state index in [1.54, 1.807) is 16.7 Å². The molecule has 5 rings (SSSR count). The van der Waals surface area contributed by atoms with Crippen molar-refractivity contribution in [1.29, 1.82) is 0 Å². The number of anilines is 1. The first-order valence-electron chi connectivity index (χ1n) is 11.7. The lowest BCUT2D eigenvalue weighted by Crippen LogP contribution is -2.64. The smallest absolute Gasteiger partial charge is 0.324 e. The molecule has 7 heteroatoms. The molecule has 33 heavy (non-hydrogen) atoms. The molecule has 2 aromatic carbocycles. The van der Waals surface area contributed by atoms with Gasteiger partial charge in [0.1, 0.15) is 11.8 Å². The summed E-state index contributed by atoms with van der Waals surface area (Å²) in [4.78, 5) is 43.2. The van der Waals surface area contributed by atoms with Crippen molar-refractivity contribution in [3.05, 3.63) is 65.7 Å². The topological polar surface area (TPSA) is 69.7 Å². The number of rotatable bonds is 5. The maximum atomic E-state index is 13.7. The molecule has 0 spiro atoms. The van der Waals surface area contributed by atoms with Gasteiger partial charge in [-0.1, -0.05) is 61.4 Å². The molecule has 4 atom stereocenters. The molecule has 2 heterocycles. The van der Waals surface area contributed by atoms with Crippen molar-refractivity contribution >= 4 is 35.3 Å². The summed E-state index contributed by atoms with van der Waals surface area (Å²) in [7, 11) is 0. The van der Waals surface area contributed by atoms with Crippen LogP contribution in [-0.2, 0) is 16.1 Å². The largest absolute Gasteiger partial charge is 0.327 e. The number of benzene rings is 2. The van der Waals surface area contributed by atoms with Crippen molar-refractivity contribution in [2.75, 3.05) is 11.9 Å². The fourth-order valence-corrected chi connectivity index (χ4v) is 7.38. The average Bonchev–Trinajstić information content (AvgIpc) is 3.21. The summed E-state index contributed by atoms with van der Waals surface area (Å²) in [5.74, 6) is -0.0646. The van der Waals surface area contributed by atoms with E-state index in [1.165, 1.54) is 4.90 Å². The van der Waals surface area contributed by atoms with E-state index in [2.05, 4.69) is 5.32 Å². The number of aryl methyl sites for hydroxylation is 1. The standard InChI is InChI=1S/C26H29N3O3S/c1-17-9-5-7-13-20(17)27-22(30)16-28-23-19-12-6-8-14-21(19)33-24(23)25(31)29(26(28)32)15-18-10-3-2-4-11-18/h2-5,7,9-11,13,19,21,23-24H,6,8,12,14-16H2,1H3,(H,27,30). The normalized spacial score (nSPS) is 26.7. The minimum absolute atomic E-state index is 0.0450. The zero-order valence-corrected chi connectivity index (χ0v) is 19.6. The van der Waals surface area contributed by atoms with Gasteiger partial charge in [-0.2, -0.15) is 0 Å². The van der Waals surface area contributed by atoms with Gasteiger partial charge in [0.25, 0.3) is 0 Å². The van der Waals surface area contributed by atoms with E-state index in [0.29, 0.717) is 5.25 Å². The molecule has 0 bridgehead atoms. The number of carbonyl (C=O) groups is 3. The van der Waals surface area contributed by atoms with Crippen molar-refractivity contribution in [2.45, 2.75) is 55.7 Å². The first-order valence-corrected chi connectivity index (χ1v) is 12.6. The highest BCUT2D eigenvalue weighted by Gasteiger charge is 2.57. The number of para-hydroxylation sites is 1. The zero-order valence-electron chi connectivity index (χ0n) is 18.8. The van der Waals surface area contributed by atoms with E-state index in [4.69, 9.17) is 0 Å². The molecular weight excluding hydrogens is 434 g/mol. The van der Waals surface area contributed by atoms with Crippen LogP contribution in [0.1, 0.15) is 36.8 Å². The van der Waals surface area contributed by atoms with E-state index in [-0.39, 0.29) is 48.1 Å². The maximum Gasteiger partial charge on any atom is 0.327 e. The monoisotopic (exact) mass is 463 g/mol. The van der Waals surface area contributed by atoms with E-state index < -0.39 is 0 Å². The molecule has 172 valence electrons. The van der Waals surface area contributed by atoms with Crippen molar-refractivity contribution < 1.29 is 14.4 Å². The summed E-state index contributed by atoms with van der Waals surface area (Å²) in [5, 5.41) is 3.04. The van der Waals surface area contributed by atoms with Crippen LogP contribution in [0.3, 0.4) is 0 Å². The predicted molar refractivity (Wildman–Crippen MR) is 130 cm³/mol.